The molecule has 4 nitrogen and oxygen atoms in total. The average molecular weight is 330 g/mol. The molecule has 1 fully saturated rings. The van der Waals surface area contributed by atoms with E-state index in [0.717, 1.165) is 10.2 Å². The standard InChI is InChI=1S/C14H13F3N2O2S/c15-14(16,17)13(11(20)21)5-7-19(8-6-13)12-18-9-3-1-2-4-10(9)22-12/h1-4H,5-8H2,(H,20,21). The van der Waals surface area contributed by atoms with Crippen molar-refractivity contribution in [3.05, 3.63) is 24.3 Å². The number of rotatable bonds is 2. The van der Waals surface area contributed by atoms with Crippen molar-refractivity contribution in [2.24, 2.45) is 5.41 Å². The zero-order valence-electron chi connectivity index (χ0n) is 11.4. The number of benzene rings is 1. The van der Waals surface area contributed by atoms with Gasteiger partial charge in [0.05, 0.1) is 10.2 Å². The lowest BCUT2D eigenvalue weighted by Crippen LogP contribution is -2.52. The second kappa shape index (κ2) is 5.12. The first kappa shape index (κ1) is 15.1. The second-order valence-electron chi connectivity index (χ2n) is 5.34. The van der Waals surface area contributed by atoms with Gasteiger partial charge in [0.1, 0.15) is 0 Å². The largest absolute Gasteiger partial charge is 0.481 e. The molecule has 1 aromatic heterocycles. The molecule has 3 rings (SSSR count). The van der Waals surface area contributed by atoms with Crippen molar-refractivity contribution in [3.63, 3.8) is 0 Å². The van der Waals surface area contributed by atoms with Crippen LogP contribution in [-0.2, 0) is 4.79 Å². The molecule has 1 N–H and O–H groups in total. The number of halogens is 3. The van der Waals surface area contributed by atoms with Crippen LogP contribution in [0.15, 0.2) is 24.3 Å². The van der Waals surface area contributed by atoms with Crippen molar-refractivity contribution in [2.75, 3.05) is 18.0 Å². The molecule has 1 aromatic carbocycles. The molecule has 0 unspecified atom stereocenters. The summed E-state index contributed by atoms with van der Waals surface area (Å²) in [6, 6.07) is 7.47. The summed E-state index contributed by atoms with van der Waals surface area (Å²) in [7, 11) is 0. The van der Waals surface area contributed by atoms with Crippen LogP contribution in [0.2, 0.25) is 0 Å². The highest BCUT2D eigenvalue weighted by molar-refractivity contribution is 7.22. The Morgan fingerprint density at radius 1 is 1.27 bits per heavy atom. The Hall–Kier alpha value is -1.83. The van der Waals surface area contributed by atoms with Crippen molar-refractivity contribution in [1.82, 2.24) is 4.98 Å². The fourth-order valence-electron chi connectivity index (χ4n) is 2.69. The molecule has 1 aliphatic heterocycles. The number of alkyl halides is 3. The molecule has 0 aliphatic carbocycles. The topological polar surface area (TPSA) is 53.4 Å². The van der Waals surface area contributed by atoms with Gasteiger partial charge in [-0.15, -0.1) is 0 Å². The molecular weight excluding hydrogens is 317 g/mol. The summed E-state index contributed by atoms with van der Waals surface area (Å²) in [6.07, 6.45) is -5.65. The van der Waals surface area contributed by atoms with Crippen LogP contribution in [0.3, 0.4) is 0 Å². The maximum Gasteiger partial charge on any atom is 0.405 e. The smallest absolute Gasteiger partial charge is 0.405 e. The van der Waals surface area contributed by atoms with Gasteiger partial charge in [-0.05, 0) is 25.0 Å². The number of para-hydroxylation sites is 1. The molecule has 0 saturated carbocycles. The van der Waals surface area contributed by atoms with Gasteiger partial charge in [-0.25, -0.2) is 4.98 Å². The highest BCUT2D eigenvalue weighted by Crippen LogP contribution is 2.47. The first-order chi connectivity index (χ1) is 10.3. The van der Waals surface area contributed by atoms with Crippen LogP contribution in [0, 0.1) is 5.41 Å². The molecule has 118 valence electrons. The summed E-state index contributed by atoms with van der Waals surface area (Å²) in [5.41, 5.74) is -1.84. The summed E-state index contributed by atoms with van der Waals surface area (Å²) < 4.78 is 40.4. The molecule has 1 aliphatic rings. The van der Waals surface area contributed by atoms with Gasteiger partial charge in [-0.1, -0.05) is 23.5 Å². The van der Waals surface area contributed by atoms with Crippen molar-refractivity contribution in [2.45, 2.75) is 19.0 Å². The highest BCUT2D eigenvalue weighted by Gasteiger charge is 2.61. The number of carboxylic acids is 1. The van der Waals surface area contributed by atoms with E-state index in [9.17, 15) is 18.0 Å². The van der Waals surface area contributed by atoms with E-state index in [2.05, 4.69) is 4.98 Å². The van der Waals surface area contributed by atoms with Crippen LogP contribution in [0.4, 0.5) is 18.3 Å². The number of carboxylic acid groups (broad SMARTS) is 1. The molecule has 0 spiro atoms. The minimum absolute atomic E-state index is 0.0334. The van der Waals surface area contributed by atoms with Gasteiger partial charge in [0, 0.05) is 13.1 Å². The Morgan fingerprint density at radius 3 is 2.45 bits per heavy atom. The number of aliphatic carboxylic acids is 1. The number of anilines is 1. The summed E-state index contributed by atoms with van der Waals surface area (Å²) in [4.78, 5) is 17.3. The van der Waals surface area contributed by atoms with Gasteiger partial charge in [-0.3, -0.25) is 4.79 Å². The lowest BCUT2D eigenvalue weighted by Gasteiger charge is -2.39. The minimum Gasteiger partial charge on any atom is -0.481 e. The van der Waals surface area contributed by atoms with Crippen LogP contribution in [0.1, 0.15) is 12.8 Å². The number of aromatic nitrogens is 1. The average Bonchev–Trinajstić information content (AvgIpc) is 2.89. The fraction of sp³-hybridized carbons (Fsp3) is 0.429. The quantitative estimate of drug-likeness (QED) is 0.915. The maximum atomic E-state index is 13.1. The van der Waals surface area contributed by atoms with Crippen LogP contribution < -0.4 is 4.90 Å². The SMILES string of the molecule is O=C(O)C1(C(F)(F)F)CCN(c2nc3ccccc3s2)CC1. The third kappa shape index (κ3) is 2.31. The van der Waals surface area contributed by atoms with Gasteiger partial charge in [0.15, 0.2) is 10.5 Å². The number of fused-ring (bicyclic) bond motifs is 1. The van der Waals surface area contributed by atoms with Gasteiger partial charge < -0.3 is 10.0 Å². The summed E-state index contributed by atoms with van der Waals surface area (Å²) in [5.74, 6) is -1.79. The monoisotopic (exact) mass is 330 g/mol. The summed E-state index contributed by atoms with van der Waals surface area (Å²) in [6.45, 7) is 0.0667. The summed E-state index contributed by atoms with van der Waals surface area (Å²) in [5, 5.41) is 9.69. The Bertz CT molecular complexity index is 672. The second-order valence-corrected chi connectivity index (χ2v) is 6.35. The van der Waals surface area contributed by atoms with Gasteiger partial charge in [-0.2, -0.15) is 13.2 Å². The predicted octanol–water partition coefficient (Wildman–Crippen LogP) is 3.53. The van der Waals surface area contributed by atoms with Crippen LogP contribution in [0.5, 0.6) is 0 Å². The van der Waals surface area contributed by atoms with E-state index in [0.29, 0.717) is 5.13 Å². The van der Waals surface area contributed by atoms with E-state index in [1.54, 1.807) is 4.90 Å². The normalized spacial score (nSPS) is 18.6. The van der Waals surface area contributed by atoms with E-state index in [1.165, 1.54) is 11.3 Å². The molecule has 0 atom stereocenters. The van der Waals surface area contributed by atoms with Crippen LogP contribution in [0.25, 0.3) is 10.2 Å². The Kier molecular flexibility index (Phi) is 3.51. The van der Waals surface area contributed by atoms with E-state index in [4.69, 9.17) is 5.11 Å². The molecule has 22 heavy (non-hydrogen) atoms. The zero-order valence-corrected chi connectivity index (χ0v) is 12.2. The molecule has 8 heteroatoms. The molecule has 1 saturated heterocycles. The van der Waals surface area contributed by atoms with Gasteiger partial charge in [0.2, 0.25) is 0 Å². The van der Waals surface area contributed by atoms with Crippen LogP contribution in [-0.4, -0.2) is 35.3 Å². The van der Waals surface area contributed by atoms with Gasteiger partial charge >= 0.3 is 12.1 Å². The van der Waals surface area contributed by atoms with E-state index in [1.807, 2.05) is 24.3 Å². The first-order valence-corrected chi connectivity index (χ1v) is 7.56. The fourth-order valence-corrected chi connectivity index (χ4v) is 3.71. The van der Waals surface area contributed by atoms with Crippen molar-refractivity contribution in [3.8, 4) is 0 Å². The Labute approximate surface area is 128 Å². The molecule has 0 amide bonds. The maximum absolute atomic E-state index is 13.1. The van der Waals surface area contributed by atoms with Gasteiger partial charge in [0.25, 0.3) is 0 Å². The lowest BCUT2D eigenvalue weighted by molar-refractivity contribution is -0.236. The van der Waals surface area contributed by atoms with Crippen molar-refractivity contribution < 1.29 is 23.1 Å². The van der Waals surface area contributed by atoms with E-state index < -0.39 is 30.4 Å². The third-order valence-corrected chi connectivity index (χ3v) is 5.22. The molecule has 2 heterocycles. The molecule has 0 radical (unpaired) electrons. The van der Waals surface area contributed by atoms with E-state index >= 15 is 0 Å². The highest BCUT2D eigenvalue weighted by atomic mass is 32.1. The zero-order chi connectivity index (χ0) is 16.0. The van der Waals surface area contributed by atoms with Crippen molar-refractivity contribution >= 4 is 32.7 Å². The number of hydrogen-bond donors (Lipinski definition) is 1. The molecular formula is C14H13F3N2O2S. The number of piperidine rings is 1. The number of thiazole rings is 1. The number of hydrogen-bond acceptors (Lipinski definition) is 4. The Balaban J connectivity index is 1.82. The van der Waals surface area contributed by atoms with E-state index in [-0.39, 0.29) is 13.1 Å². The first-order valence-electron chi connectivity index (χ1n) is 6.74. The van der Waals surface area contributed by atoms with Crippen LogP contribution >= 0.6 is 11.3 Å². The summed E-state index contributed by atoms with van der Waals surface area (Å²) >= 11 is 1.41. The third-order valence-electron chi connectivity index (χ3n) is 4.12. The number of carbonyl (C=O) groups is 1. The predicted molar refractivity (Wildman–Crippen MR) is 77.2 cm³/mol. The Morgan fingerprint density at radius 2 is 1.91 bits per heavy atom. The minimum atomic E-state index is -4.74. The lowest BCUT2D eigenvalue weighted by atomic mass is 9.78. The molecule has 0 bridgehead atoms. The van der Waals surface area contributed by atoms with Crippen molar-refractivity contribution in [1.29, 1.82) is 0 Å². The molecule has 2 aromatic rings. The number of nitrogens with zero attached hydrogens (tertiary/aromatic N) is 2.